The Hall–Kier alpha value is -3.25. The number of hydrogen-bond acceptors (Lipinski definition) is 37. The summed E-state index contributed by atoms with van der Waals surface area (Å²) in [5.74, 6) is 17.4. The van der Waals surface area contributed by atoms with Crippen molar-refractivity contribution in [1.29, 1.82) is 0 Å². The van der Waals surface area contributed by atoms with Gasteiger partial charge in [-0.25, -0.2) is 30.0 Å². The number of hydrogen-bond donors (Lipinski definition) is 14. The van der Waals surface area contributed by atoms with Crippen molar-refractivity contribution in [2.75, 3.05) is 187 Å². The molecule has 0 aromatic heterocycles. The van der Waals surface area contributed by atoms with E-state index in [0.717, 1.165) is 223 Å². The lowest BCUT2D eigenvalue weighted by Gasteiger charge is -2.41. The Bertz CT molecular complexity index is 3340. The van der Waals surface area contributed by atoms with Crippen molar-refractivity contribution in [1.82, 2.24) is 61.3 Å². The number of guanidine groups is 6. The summed E-state index contributed by atoms with van der Waals surface area (Å²) in [6, 6.07) is 4.34. The summed E-state index contributed by atoms with van der Waals surface area (Å²) in [6.45, 7) is 13.2. The molecule has 0 saturated carbocycles. The molecule has 0 bridgehead atoms. The van der Waals surface area contributed by atoms with Gasteiger partial charge in [0.25, 0.3) is 60.7 Å². The van der Waals surface area contributed by atoms with E-state index in [0.29, 0.717) is 98.0 Å². The van der Waals surface area contributed by atoms with E-state index in [2.05, 4.69) is 96.6 Å². The van der Waals surface area contributed by atoms with Gasteiger partial charge in [-0.3, -0.25) is 27.3 Å². The summed E-state index contributed by atoms with van der Waals surface area (Å²) in [6.07, 6.45) is 17.8. The summed E-state index contributed by atoms with van der Waals surface area (Å²) >= 11 is 10.3. The van der Waals surface area contributed by atoms with Crippen LogP contribution in [0.15, 0.2) is 30.0 Å². The minimum Gasteiger partial charge on any atom is -0.394 e. The number of nitrogens with one attached hydrogen (secondary N) is 6. The lowest BCUT2D eigenvalue weighted by Crippen LogP contribution is -2.57. The highest BCUT2D eigenvalue weighted by Gasteiger charge is 2.36. The number of nitrogens with zero attached hydrogens (tertiary/aromatic N) is 12. The van der Waals surface area contributed by atoms with Crippen LogP contribution in [0.25, 0.3) is 0 Å². The monoisotopic (exact) mass is 1760 g/mol. The van der Waals surface area contributed by atoms with Gasteiger partial charge in [0.15, 0.2) is 35.8 Å². The maximum atomic E-state index is 9.62. The zero-order valence-electron chi connectivity index (χ0n) is 62.7. The van der Waals surface area contributed by atoms with Crippen molar-refractivity contribution >= 4 is 155 Å². The molecule has 0 aromatic carbocycles. The fourth-order valence-electron chi connectivity index (χ4n) is 13.1. The first-order valence-electron chi connectivity index (χ1n) is 36.1. The van der Waals surface area contributed by atoms with E-state index in [1.165, 1.54) is 25.7 Å². The van der Waals surface area contributed by atoms with Crippen LogP contribution in [0.3, 0.4) is 0 Å². The highest BCUT2D eigenvalue weighted by molar-refractivity contribution is 8.00. The van der Waals surface area contributed by atoms with E-state index in [9.17, 15) is 60.7 Å². The Morgan fingerprint density at radius 1 is 0.257 bits per heavy atom. The van der Waals surface area contributed by atoms with Gasteiger partial charge in [-0.1, -0.05) is 0 Å². The second-order valence-electron chi connectivity index (χ2n) is 28.5. The second kappa shape index (κ2) is 45.3. The van der Waals surface area contributed by atoms with E-state index in [4.69, 9.17) is 57.3 Å². The van der Waals surface area contributed by atoms with Gasteiger partial charge in [0.2, 0.25) is 0 Å². The van der Waals surface area contributed by atoms with Gasteiger partial charge in [0.1, 0.15) is 0 Å². The van der Waals surface area contributed by atoms with Crippen LogP contribution in [0.1, 0.15) is 77.0 Å². The van der Waals surface area contributed by atoms with Crippen LogP contribution < -0.4 is 31.9 Å². The quantitative estimate of drug-likeness (QED) is 0.0544. The van der Waals surface area contributed by atoms with Crippen LogP contribution in [0, 0.1) is 0 Å². The minimum atomic E-state index is -3.67. The molecule has 38 nitrogen and oxygen atoms in total. The van der Waals surface area contributed by atoms with Crippen LogP contribution in [0.4, 0.5) is 0 Å². The Morgan fingerprint density at radius 2 is 0.385 bits per heavy atom. The first kappa shape index (κ1) is 94.6. The number of aliphatic hydroxyl groups is 2. The molecule has 0 radical (unpaired) electrons. The maximum Gasteiger partial charge on any atom is 0.261 e. The van der Waals surface area contributed by atoms with E-state index in [-0.39, 0.29) is 25.3 Å². The number of rotatable bonds is 22. The molecular formula is C60H116N18O20S11. The van der Waals surface area contributed by atoms with E-state index < -0.39 is 60.7 Å². The summed E-state index contributed by atoms with van der Waals surface area (Å²) < 4.78 is 155. The average Bonchev–Trinajstić information content (AvgIpc) is 0.857. The van der Waals surface area contributed by atoms with Gasteiger partial charge in [-0.05, 0) is 77.0 Å². The normalized spacial score (nSPS) is 28.0. The van der Waals surface area contributed by atoms with Gasteiger partial charge >= 0.3 is 0 Å². The molecule has 632 valence electrons. The summed E-state index contributed by atoms with van der Waals surface area (Å²) in [5, 5.41) is 42.1. The smallest absolute Gasteiger partial charge is 0.261 e. The SMILES string of the molecule is CS(=O)(=O)O.CS(=O)(=O)O.CS(=O)(=O)O.CS(=O)(=O)O.CS(=O)(=O)O.CS(=O)(=O)O.OC[C@H]1CCN2CC[C@H](CSC[C@H]3CCN4CC[C@H](CSC[C@H]5CCN6CC[C@H](CSC[C@H]7CCN8CC[C@H](CSC[C@H]9CCN%10CC[C@H](CSC[C@H]%11CCN%12CC[C@H](CO)N=C%12N%11)N=C%10N9)N=C8N7)NC6=N5)NC4=N3)NC2=N1. The highest BCUT2D eigenvalue weighted by Crippen LogP contribution is 2.28. The highest BCUT2D eigenvalue weighted by atomic mass is 32.2. The molecular weight excluding hydrogens is 1650 g/mol. The Labute approximate surface area is 665 Å². The fourth-order valence-corrected chi connectivity index (χ4v) is 19.0. The lowest BCUT2D eigenvalue weighted by molar-refractivity contribution is 0.227. The molecule has 12 aliphatic heterocycles. The van der Waals surface area contributed by atoms with E-state index in [1.807, 2.05) is 23.5 Å². The Morgan fingerprint density at radius 3 is 0.541 bits per heavy atom. The molecule has 12 aliphatic rings. The molecule has 12 rings (SSSR count). The van der Waals surface area contributed by atoms with Crippen molar-refractivity contribution in [2.45, 2.75) is 150 Å². The molecule has 49 heteroatoms. The van der Waals surface area contributed by atoms with Gasteiger partial charge in [0, 0.05) is 172 Å². The van der Waals surface area contributed by atoms with E-state index in [1.54, 1.807) is 0 Å². The molecule has 6 fully saturated rings. The average molecular weight is 1760 g/mol. The number of aliphatic hydroxyl groups excluding tert-OH is 2. The third-order valence-corrected chi connectivity index (χ3v) is 24.4. The third kappa shape index (κ3) is 41.8. The number of aliphatic imine (C=N–C) groups is 6. The zero-order valence-corrected chi connectivity index (χ0v) is 71.7. The summed E-state index contributed by atoms with van der Waals surface area (Å²) in [5.41, 5.74) is 0. The van der Waals surface area contributed by atoms with Crippen molar-refractivity contribution in [2.24, 2.45) is 30.0 Å². The van der Waals surface area contributed by atoms with Crippen LogP contribution in [-0.4, -0.2) is 413 Å². The zero-order chi connectivity index (χ0) is 80.3. The topological polar surface area (TPSA) is 532 Å². The van der Waals surface area contributed by atoms with Crippen molar-refractivity contribution < 1.29 is 88.0 Å². The van der Waals surface area contributed by atoms with Gasteiger partial charge in [-0.15, -0.1) is 0 Å². The molecule has 0 amide bonds. The maximum absolute atomic E-state index is 9.62. The summed E-state index contributed by atoms with van der Waals surface area (Å²) in [7, 11) is -22.0. The second-order valence-corrected chi connectivity index (χ2v) is 42.7. The third-order valence-electron chi connectivity index (χ3n) is 18.1. The molecule has 0 unspecified atom stereocenters. The molecule has 109 heavy (non-hydrogen) atoms. The molecule has 12 atom stereocenters. The van der Waals surface area contributed by atoms with Crippen LogP contribution in [0.5, 0.6) is 0 Å². The largest absolute Gasteiger partial charge is 0.394 e. The van der Waals surface area contributed by atoms with Crippen LogP contribution in [0.2, 0.25) is 0 Å². The molecule has 0 spiro atoms. The lowest BCUT2D eigenvalue weighted by atomic mass is 10.1. The van der Waals surface area contributed by atoms with Gasteiger partial charge < -0.3 is 71.5 Å². The first-order valence-corrected chi connectivity index (χ1v) is 53.0. The van der Waals surface area contributed by atoms with Crippen molar-refractivity contribution in [3.63, 3.8) is 0 Å². The molecule has 12 heterocycles. The molecule has 0 aliphatic carbocycles. The van der Waals surface area contributed by atoms with Crippen molar-refractivity contribution in [3.8, 4) is 0 Å². The Kier molecular flexibility index (Phi) is 39.3. The summed E-state index contributed by atoms with van der Waals surface area (Å²) in [4.78, 5) is 45.3. The van der Waals surface area contributed by atoms with Gasteiger partial charge in [0.05, 0.1) is 87.0 Å². The molecule has 14 N–H and O–H groups in total. The number of thioether (sulfide) groups is 5. The predicted octanol–water partition coefficient (Wildman–Crippen LogP) is -1.59. The van der Waals surface area contributed by atoms with Crippen LogP contribution in [-0.2, 0) is 60.7 Å². The Balaban J connectivity index is 0.000000526. The van der Waals surface area contributed by atoms with E-state index >= 15 is 0 Å². The number of fused-ring (bicyclic) bond motifs is 6. The standard InChI is InChI=1S/C54H92N18O2S5.6CH4O3S/c73-25-37-1-13-67-15-3-39(57-49(67)55-37)27-75-29-41-5-17-69-19-7-43(61-51(69)59-41)31-77-33-45-9-21-71-23-11-47(65-53(71)63-45)35-79-36-48-12-24-72-22-10-46(64-54(72)66-48)34-78-32-44-8-20-70-18-6-42(60-52(70)62-44)30-76-28-40-4-16-68-14-2-38(26-74)56-50(68)58-40;6*1-5(2,3)4/h37-48,73-74H,1-36H2,(H,55,57)(H,56,58)(H,59,61)(H,60,62)(H,63,65)(H,64,66);6*1H3,(H,2,3,4)/t37-,38-,39-,40-,41-,42-,43-,44-,45-,46-,47-,48-;;;;;;/m1....../s1. The predicted molar refractivity (Wildman–Crippen MR) is 439 cm³/mol. The van der Waals surface area contributed by atoms with Crippen molar-refractivity contribution in [3.05, 3.63) is 0 Å². The van der Waals surface area contributed by atoms with Gasteiger partial charge in [-0.2, -0.15) is 109 Å². The molecule has 6 saturated heterocycles. The van der Waals surface area contributed by atoms with Crippen LogP contribution >= 0.6 is 58.8 Å². The minimum absolute atomic E-state index is 0.0456. The molecule has 0 aromatic rings. The fraction of sp³-hybridized carbons (Fsp3) is 0.900. The first-order chi connectivity index (χ1) is 50.9.